The number of hydrogen-bond acceptors (Lipinski definition) is 6. The van der Waals surface area contributed by atoms with E-state index in [0.717, 1.165) is 16.5 Å². The first kappa shape index (κ1) is 13.7. The Morgan fingerprint density at radius 2 is 2.35 bits per heavy atom. The molecule has 20 heavy (non-hydrogen) atoms. The van der Waals surface area contributed by atoms with Gasteiger partial charge in [-0.3, -0.25) is 4.98 Å². The largest absolute Gasteiger partial charge is 0.417 e. The van der Waals surface area contributed by atoms with Crippen LogP contribution in [0.1, 0.15) is 19.2 Å². The number of hydrogen-bond donors (Lipinski definition) is 0. The van der Waals surface area contributed by atoms with E-state index in [2.05, 4.69) is 31.1 Å². The molecular weight excluding hydrogens is 326 g/mol. The quantitative estimate of drug-likeness (QED) is 0.852. The Morgan fingerprint density at radius 1 is 1.45 bits per heavy atom. The van der Waals surface area contributed by atoms with E-state index in [1.54, 1.807) is 12.4 Å². The molecule has 1 unspecified atom stereocenters. The van der Waals surface area contributed by atoms with Crippen LogP contribution in [0.2, 0.25) is 0 Å². The van der Waals surface area contributed by atoms with Gasteiger partial charge in [-0.2, -0.15) is 0 Å². The van der Waals surface area contributed by atoms with Gasteiger partial charge in [-0.25, -0.2) is 0 Å². The number of rotatable bonds is 4. The highest BCUT2D eigenvalue weighted by molar-refractivity contribution is 9.10. The molecule has 1 saturated heterocycles. The average molecular weight is 340 g/mol. The SMILES string of the molecule is CCOC1(c2nnc(-c3ccncc3Br)o2)CCOC1. The molecule has 3 rings (SSSR count). The van der Waals surface area contributed by atoms with Gasteiger partial charge in [0.25, 0.3) is 5.89 Å². The minimum absolute atomic E-state index is 0.444. The average Bonchev–Trinajstić information content (AvgIpc) is 3.09. The Balaban J connectivity index is 1.95. The zero-order valence-electron chi connectivity index (χ0n) is 11.0. The highest BCUT2D eigenvalue weighted by Gasteiger charge is 2.43. The summed E-state index contributed by atoms with van der Waals surface area (Å²) in [7, 11) is 0. The molecule has 106 valence electrons. The predicted octanol–water partition coefficient (Wildman–Crippen LogP) is 2.55. The summed E-state index contributed by atoms with van der Waals surface area (Å²) in [4.78, 5) is 4.02. The minimum Gasteiger partial charge on any atom is -0.417 e. The highest BCUT2D eigenvalue weighted by Crippen LogP contribution is 2.35. The van der Waals surface area contributed by atoms with Gasteiger partial charge in [-0.15, -0.1) is 10.2 Å². The van der Waals surface area contributed by atoms with E-state index in [-0.39, 0.29) is 0 Å². The first-order valence-electron chi connectivity index (χ1n) is 6.41. The van der Waals surface area contributed by atoms with E-state index < -0.39 is 5.60 Å². The molecule has 6 nitrogen and oxygen atoms in total. The molecule has 1 aliphatic heterocycles. The van der Waals surface area contributed by atoms with Gasteiger partial charge in [-0.05, 0) is 28.9 Å². The maximum Gasteiger partial charge on any atom is 0.251 e. The summed E-state index contributed by atoms with van der Waals surface area (Å²) in [5, 5.41) is 8.25. The van der Waals surface area contributed by atoms with Crippen LogP contribution in [-0.2, 0) is 15.1 Å². The molecule has 0 N–H and O–H groups in total. The van der Waals surface area contributed by atoms with Crippen molar-refractivity contribution in [1.82, 2.24) is 15.2 Å². The Bertz CT molecular complexity index is 596. The van der Waals surface area contributed by atoms with Crippen LogP contribution < -0.4 is 0 Å². The van der Waals surface area contributed by atoms with E-state index in [4.69, 9.17) is 13.9 Å². The highest BCUT2D eigenvalue weighted by atomic mass is 79.9. The summed E-state index contributed by atoms with van der Waals surface area (Å²) in [6.07, 6.45) is 4.09. The number of ether oxygens (including phenoxy) is 2. The lowest BCUT2D eigenvalue weighted by Gasteiger charge is -2.22. The van der Waals surface area contributed by atoms with E-state index in [1.165, 1.54) is 0 Å². The second-order valence-corrected chi connectivity index (χ2v) is 5.35. The summed E-state index contributed by atoms with van der Waals surface area (Å²) in [5.41, 5.74) is 0.198. The van der Waals surface area contributed by atoms with E-state index in [9.17, 15) is 0 Å². The number of halogens is 1. The van der Waals surface area contributed by atoms with Crippen molar-refractivity contribution in [2.45, 2.75) is 18.9 Å². The summed E-state index contributed by atoms with van der Waals surface area (Å²) >= 11 is 3.42. The summed E-state index contributed by atoms with van der Waals surface area (Å²) in [6, 6.07) is 1.82. The first-order chi connectivity index (χ1) is 9.75. The van der Waals surface area contributed by atoms with Gasteiger partial charge in [0.15, 0.2) is 5.60 Å². The van der Waals surface area contributed by atoms with Crippen LogP contribution in [0, 0.1) is 0 Å². The van der Waals surface area contributed by atoms with Crippen molar-refractivity contribution >= 4 is 15.9 Å². The molecule has 0 aliphatic carbocycles. The van der Waals surface area contributed by atoms with Crippen LogP contribution in [0.4, 0.5) is 0 Å². The topological polar surface area (TPSA) is 70.3 Å². The fourth-order valence-corrected chi connectivity index (χ4v) is 2.65. The van der Waals surface area contributed by atoms with Gasteiger partial charge in [0.05, 0.1) is 18.8 Å². The maximum absolute atomic E-state index is 5.81. The Hall–Kier alpha value is -1.31. The second-order valence-electron chi connectivity index (χ2n) is 4.50. The van der Waals surface area contributed by atoms with Gasteiger partial charge in [0, 0.05) is 29.9 Å². The Labute approximate surface area is 124 Å². The maximum atomic E-state index is 5.81. The number of pyridine rings is 1. The van der Waals surface area contributed by atoms with Crippen molar-refractivity contribution in [2.75, 3.05) is 19.8 Å². The molecule has 0 aromatic carbocycles. The van der Waals surface area contributed by atoms with E-state index in [0.29, 0.717) is 31.6 Å². The normalized spacial score (nSPS) is 22.3. The Morgan fingerprint density at radius 3 is 3.05 bits per heavy atom. The van der Waals surface area contributed by atoms with Gasteiger partial charge in [-0.1, -0.05) is 0 Å². The van der Waals surface area contributed by atoms with Gasteiger partial charge in [0.1, 0.15) is 0 Å². The van der Waals surface area contributed by atoms with Crippen molar-refractivity contribution in [3.63, 3.8) is 0 Å². The molecule has 0 saturated carbocycles. The van der Waals surface area contributed by atoms with Crippen LogP contribution in [0.5, 0.6) is 0 Å². The van der Waals surface area contributed by atoms with Crippen molar-refractivity contribution in [1.29, 1.82) is 0 Å². The van der Waals surface area contributed by atoms with Gasteiger partial charge >= 0.3 is 0 Å². The second kappa shape index (κ2) is 5.59. The summed E-state index contributed by atoms with van der Waals surface area (Å²) in [5.74, 6) is 0.913. The fraction of sp³-hybridized carbons (Fsp3) is 0.462. The van der Waals surface area contributed by atoms with Crippen LogP contribution in [0.25, 0.3) is 11.5 Å². The lowest BCUT2D eigenvalue weighted by atomic mass is 10.0. The van der Waals surface area contributed by atoms with E-state index >= 15 is 0 Å². The third-order valence-corrected chi connectivity index (χ3v) is 3.86. The lowest BCUT2D eigenvalue weighted by Crippen LogP contribution is -2.30. The van der Waals surface area contributed by atoms with Crippen molar-refractivity contribution in [2.24, 2.45) is 0 Å². The third-order valence-electron chi connectivity index (χ3n) is 3.22. The fourth-order valence-electron chi connectivity index (χ4n) is 2.23. The van der Waals surface area contributed by atoms with E-state index in [1.807, 2.05) is 13.0 Å². The molecule has 0 bridgehead atoms. The molecule has 3 heterocycles. The molecular formula is C13H14BrN3O3. The van der Waals surface area contributed by atoms with Crippen LogP contribution in [-0.4, -0.2) is 35.0 Å². The van der Waals surface area contributed by atoms with Gasteiger partial charge < -0.3 is 13.9 Å². The summed E-state index contributed by atoms with van der Waals surface area (Å²) < 4.78 is 17.9. The molecule has 2 aromatic heterocycles. The molecule has 0 spiro atoms. The molecule has 7 heteroatoms. The monoisotopic (exact) mass is 339 g/mol. The van der Waals surface area contributed by atoms with Crippen LogP contribution >= 0.6 is 15.9 Å². The Kier molecular flexibility index (Phi) is 3.82. The molecule has 0 radical (unpaired) electrons. The number of aromatic nitrogens is 3. The molecule has 0 amide bonds. The minimum atomic E-state index is -0.612. The van der Waals surface area contributed by atoms with Crippen LogP contribution in [0.3, 0.4) is 0 Å². The molecule has 2 aromatic rings. The molecule has 1 fully saturated rings. The predicted molar refractivity (Wildman–Crippen MR) is 74.0 cm³/mol. The van der Waals surface area contributed by atoms with Crippen molar-refractivity contribution in [3.05, 3.63) is 28.8 Å². The van der Waals surface area contributed by atoms with Crippen LogP contribution in [0.15, 0.2) is 27.3 Å². The van der Waals surface area contributed by atoms with Gasteiger partial charge in [0.2, 0.25) is 5.89 Å². The zero-order chi connectivity index (χ0) is 14.0. The third kappa shape index (κ3) is 2.36. The standard InChI is InChI=1S/C13H14BrN3O3/c1-2-19-13(4-6-18-8-13)12-17-16-11(20-12)9-3-5-15-7-10(9)14/h3,5,7H,2,4,6,8H2,1H3. The first-order valence-corrected chi connectivity index (χ1v) is 7.20. The molecule has 1 atom stereocenters. The summed E-state index contributed by atoms with van der Waals surface area (Å²) in [6.45, 7) is 3.59. The zero-order valence-corrected chi connectivity index (χ0v) is 12.6. The number of nitrogens with zero attached hydrogens (tertiary/aromatic N) is 3. The molecule has 1 aliphatic rings. The lowest BCUT2D eigenvalue weighted by molar-refractivity contribution is -0.0657. The smallest absolute Gasteiger partial charge is 0.251 e. The van der Waals surface area contributed by atoms with Crippen molar-refractivity contribution < 1.29 is 13.9 Å². The van der Waals surface area contributed by atoms with Crippen molar-refractivity contribution in [3.8, 4) is 11.5 Å².